The van der Waals surface area contributed by atoms with E-state index in [2.05, 4.69) is 24.3 Å². The molecule has 1 aliphatic carbocycles. The Bertz CT molecular complexity index is 984. The summed E-state index contributed by atoms with van der Waals surface area (Å²) in [4.78, 5) is 35.9. The van der Waals surface area contributed by atoms with Gasteiger partial charge in [0.05, 0.1) is 0 Å². The molecule has 0 unspecified atom stereocenters. The summed E-state index contributed by atoms with van der Waals surface area (Å²) in [6.07, 6.45) is 1.85. The molecule has 0 saturated heterocycles. The number of rotatable bonds is 11. The third-order valence-electron chi connectivity index (χ3n) is 5.40. The van der Waals surface area contributed by atoms with Crippen molar-refractivity contribution in [3.8, 4) is 11.1 Å². The first-order valence-electron chi connectivity index (χ1n) is 11.3. The van der Waals surface area contributed by atoms with Crippen molar-refractivity contribution in [2.45, 2.75) is 61.5 Å². The Hall–Kier alpha value is -2.03. The molecule has 34 heavy (non-hydrogen) atoms. The molecule has 6 nitrogen and oxygen atoms in total. The van der Waals surface area contributed by atoms with Gasteiger partial charge in [0, 0.05) is 0 Å². The van der Waals surface area contributed by atoms with Crippen molar-refractivity contribution in [3.05, 3.63) is 59.7 Å². The van der Waals surface area contributed by atoms with Crippen LogP contribution in [0.1, 0.15) is 57.1 Å². The molecule has 2 radical (unpaired) electrons. The number of fused-ring (bicyclic) bond motifs is 3. The number of carbonyl (C=O) groups excluding carboxylic acids is 2. The minimum atomic E-state index is -1.08. The van der Waals surface area contributed by atoms with Gasteiger partial charge in [-0.3, -0.25) is 0 Å². The van der Waals surface area contributed by atoms with E-state index >= 15 is 0 Å². The molecule has 0 amide bonds. The van der Waals surface area contributed by atoms with E-state index in [9.17, 15) is 19.5 Å². The number of unbranched alkanes of at least 4 members (excludes halogenated alkanes) is 1. The summed E-state index contributed by atoms with van der Waals surface area (Å²) in [5.41, 5.74) is 4.19. The van der Waals surface area contributed by atoms with Gasteiger partial charge in [-0.1, -0.05) is 0 Å². The molecule has 0 aliphatic heterocycles. The van der Waals surface area contributed by atoms with Crippen LogP contribution in [0.5, 0.6) is 0 Å². The van der Waals surface area contributed by atoms with Crippen LogP contribution in [0.2, 0.25) is 9.91 Å². The number of ether oxygens (including phenoxy) is 2. The number of hydrogen-bond acceptors (Lipinski definition) is 5. The van der Waals surface area contributed by atoms with Gasteiger partial charge in [0.2, 0.25) is 0 Å². The predicted octanol–water partition coefficient (Wildman–Crippen LogP) is 5.74. The number of benzene rings is 2. The van der Waals surface area contributed by atoms with E-state index in [0.29, 0.717) is 19.4 Å². The van der Waals surface area contributed by atoms with Crippen molar-refractivity contribution >= 4 is 47.0 Å². The number of aliphatic carboxylic acids is 1. The molecule has 2 aromatic rings. The average molecular weight is 588 g/mol. The first-order valence-corrected chi connectivity index (χ1v) is 15.6. The molecular weight excluding hydrogens is 558 g/mol. The molecule has 0 bridgehead atoms. The third kappa shape index (κ3) is 7.48. The first kappa shape index (κ1) is 26.6. The van der Waals surface area contributed by atoms with Crippen LogP contribution in [0, 0.1) is 0 Å². The molecule has 0 spiro atoms. The van der Waals surface area contributed by atoms with Crippen LogP contribution in [-0.2, 0) is 14.3 Å². The Kier molecular flexibility index (Phi) is 9.45. The van der Waals surface area contributed by atoms with Crippen molar-refractivity contribution < 1.29 is 29.0 Å². The molecule has 0 heterocycles. The minimum absolute atomic E-state index is 0.0603. The van der Waals surface area contributed by atoms with Crippen LogP contribution < -0.4 is 0 Å². The normalized spacial score (nSPS) is 14.3. The fourth-order valence-corrected chi connectivity index (χ4v) is 7.55. The van der Waals surface area contributed by atoms with Crippen molar-refractivity contribution in [1.29, 1.82) is 0 Å². The van der Waals surface area contributed by atoms with Crippen LogP contribution in [0.4, 0.5) is 9.59 Å². The van der Waals surface area contributed by atoms with Crippen LogP contribution in [0.3, 0.4) is 0 Å². The van der Waals surface area contributed by atoms with E-state index in [4.69, 9.17) is 9.47 Å². The SMILES string of the molecule is CC(C)(C)OC(=O)[As][C@@H](CCCC[As]C(=O)OCC1c2ccccc2-c2ccccc21)C(=O)O. The molecule has 0 aromatic heterocycles. The Morgan fingerprint density at radius 1 is 0.941 bits per heavy atom. The second-order valence-corrected chi connectivity index (χ2v) is 14.1. The summed E-state index contributed by atoms with van der Waals surface area (Å²) in [5.74, 6) is -0.888. The molecule has 180 valence electrons. The maximum absolute atomic E-state index is 12.4. The van der Waals surface area contributed by atoms with Gasteiger partial charge in [-0.2, -0.15) is 0 Å². The Balaban J connectivity index is 1.40. The van der Waals surface area contributed by atoms with E-state index in [1.54, 1.807) is 20.8 Å². The van der Waals surface area contributed by atoms with Crippen LogP contribution >= 0.6 is 0 Å². The zero-order valence-electron chi connectivity index (χ0n) is 19.7. The molecular formula is C26H30As2O6. The Labute approximate surface area is 214 Å². The molecule has 0 saturated carbocycles. The van der Waals surface area contributed by atoms with E-state index in [1.165, 1.54) is 22.3 Å². The van der Waals surface area contributed by atoms with E-state index < -0.39 is 52.5 Å². The van der Waals surface area contributed by atoms with Gasteiger partial charge in [0.25, 0.3) is 0 Å². The molecule has 1 atom stereocenters. The second-order valence-electron chi connectivity index (χ2n) is 9.14. The van der Waals surface area contributed by atoms with E-state index in [1.807, 2.05) is 24.3 Å². The number of hydrogen-bond donors (Lipinski definition) is 1. The topological polar surface area (TPSA) is 89.9 Å². The molecule has 1 aliphatic rings. The number of carboxylic acids is 1. The van der Waals surface area contributed by atoms with E-state index in [-0.39, 0.29) is 10.7 Å². The van der Waals surface area contributed by atoms with Crippen molar-refractivity contribution in [2.75, 3.05) is 6.61 Å². The van der Waals surface area contributed by atoms with Crippen molar-refractivity contribution in [1.82, 2.24) is 0 Å². The van der Waals surface area contributed by atoms with Gasteiger partial charge in [-0.15, -0.1) is 0 Å². The van der Waals surface area contributed by atoms with Crippen LogP contribution in [0.25, 0.3) is 11.1 Å². The Morgan fingerprint density at radius 2 is 1.53 bits per heavy atom. The molecule has 3 rings (SSSR count). The van der Waals surface area contributed by atoms with Gasteiger partial charge >= 0.3 is 215 Å². The molecule has 0 fully saturated rings. The maximum atomic E-state index is 12.4. The van der Waals surface area contributed by atoms with Gasteiger partial charge in [0.15, 0.2) is 0 Å². The fraction of sp³-hybridized carbons (Fsp3) is 0.423. The Morgan fingerprint density at radius 3 is 2.09 bits per heavy atom. The monoisotopic (exact) mass is 588 g/mol. The van der Waals surface area contributed by atoms with Gasteiger partial charge in [-0.05, 0) is 0 Å². The zero-order valence-corrected chi connectivity index (χ0v) is 23.4. The summed E-state index contributed by atoms with van der Waals surface area (Å²) < 4.78 is 9.71. The average Bonchev–Trinajstić information content (AvgIpc) is 3.09. The summed E-state index contributed by atoms with van der Waals surface area (Å²) in [7, 11) is 0. The van der Waals surface area contributed by atoms with Crippen molar-refractivity contribution in [3.63, 3.8) is 0 Å². The zero-order chi connectivity index (χ0) is 24.7. The van der Waals surface area contributed by atoms with Gasteiger partial charge in [0.1, 0.15) is 0 Å². The van der Waals surface area contributed by atoms with Gasteiger partial charge < -0.3 is 0 Å². The summed E-state index contributed by atoms with van der Waals surface area (Å²) in [6.45, 7) is 5.65. The second kappa shape index (κ2) is 12.1. The molecule has 1 N–H and O–H groups in total. The number of carbonyl (C=O) groups is 3. The molecule has 8 heteroatoms. The number of carboxylic acid groups (broad SMARTS) is 1. The summed E-state index contributed by atoms with van der Waals surface area (Å²) >= 11 is -1.70. The summed E-state index contributed by atoms with van der Waals surface area (Å²) in [6, 6.07) is 16.5. The summed E-state index contributed by atoms with van der Waals surface area (Å²) in [5, 5.41) is 10.2. The van der Waals surface area contributed by atoms with E-state index in [0.717, 1.165) is 11.6 Å². The predicted molar refractivity (Wildman–Crippen MR) is 133 cm³/mol. The van der Waals surface area contributed by atoms with Crippen LogP contribution in [0.15, 0.2) is 48.5 Å². The van der Waals surface area contributed by atoms with Crippen LogP contribution in [-0.4, -0.2) is 64.3 Å². The standard InChI is InChI=1S/C26H30As2O6/c1-26(2,3)34-25(32)28-22(23(29)30)14-8-9-15-27-24(31)33-16-21-19-12-6-4-10-17(19)18-11-5-7-13-20(18)21/h4-7,10-13,21-22H,8-9,14-16H2,1-3H3,(H,29,30)/t22-/m0/s1. The van der Waals surface area contributed by atoms with Crippen molar-refractivity contribution in [2.24, 2.45) is 0 Å². The molecule has 2 aromatic carbocycles. The quantitative estimate of drug-likeness (QED) is 0.266. The third-order valence-corrected chi connectivity index (χ3v) is 9.64. The fourth-order valence-electron chi connectivity index (χ4n) is 3.92. The first-order chi connectivity index (χ1) is 16.2. The van der Waals surface area contributed by atoms with Gasteiger partial charge in [-0.25, -0.2) is 0 Å².